The average Bonchev–Trinajstić information content (AvgIpc) is 3.58. The smallest absolute Gasteiger partial charge is 0.261 e. The van der Waals surface area contributed by atoms with Crippen LogP contribution in [0.15, 0.2) is 84.1 Å². The van der Waals surface area contributed by atoms with E-state index in [4.69, 9.17) is 19.0 Å². The van der Waals surface area contributed by atoms with Gasteiger partial charge >= 0.3 is 0 Å². The minimum absolute atomic E-state index is 0.0146. The Hall–Kier alpha value is -5.14. The molecule has 2 aromatic heterocycles. The van der Waals surface area contributed by atoms with Crippen molar-refractivity contribution in [3.8, 4) is 11.5 Å². The molecular weight excluding hydrogens is 685 g/mol. The summed E-state index contributed by atoms with van der Waals surface area (Å²) in [5, 5.41) is 18.0. The zero-order valence-electron chi connectivity index (χ0n) is 31.5. The lowest BCUT2D eigenvalue weighted by molar-refractivity contribution is 0.273. The Labute approximate surface area is 312 Å². The molecule has 6 rings (SSSR count). The number of rotatable bonds is 15. The number of benzene rings is 3. The number of hydrogen-bond acceptors (Lipinski definition) is 10. The fourth-order valence-corrected chi connectivity index (χ4v) is 11.9. The van der Waals surface area contributed by atoms with Crippen molar-refractivity contribution in [1.82, 2.24) is 25.1 Å². The third-order valence-corrected chi connectivity index (χ3v) is 14.8. The Morgan fingerprint density at radius 1 is 0.962 bits per heavy atom. The van der Waals surface area contributed by atoms with Crippen molar-refractivity contribution in [2.45, 2.75) is 58.2 Å². The van der Waals surface area contributed by atoms with Gasteiger partial charge in [0, 0.05) is 55.0 Å². The molecular formula is C39H50N10O3Si. The van der Waals surface area contributed by atoms with Gasteiger partial charge in [-0.2, -0.15) is 5.10 Å². The normalized spacial score (nSPS) is 14.1. The Morgan fingerprint density at radius 2 is 1.58 bits per heavy atom. The number of ether oxygens (including phenoxy) is 2. The highest BCUT2D eigenvalue weighted by Crippen LogP contribution is 2.38. The molecule has 5 aromatic rings. The standard InChI is InChI=1S/C39H50N10O3Si/c1-7-14-28(27-52-53(39(2,3)4,30-15-10-8-11-16-30)31-17-12-9-13-18-31)42-37-36-33(43-38(44-37)45-47-40)26-49(46-36)25-32-34(50-5)23-29(24-35(32)51-6)48-21-19-41-20-22-48/h8-13,15-18,23-24,26,28,41H,7,14,19-22,25,27H2,1-6H3,(H,42,43,44)/t28-/m0/s1. The number of nitrogens with one attached hydrogen (secondary N) is 2. The van der Waals surface area contributed by atoms with Crippen molar-refractivity contribution in [2.75, 3.05) is 57.2 Å². The summed E-state index contributed by atoms with van der Waals surface area (Å²) in [6, 6.07) is 25.2. The van der Waals surface area contributed by atoms with Gasteiger partial charge in [0.15, 0.2) is 11.3 Å². The third-order valence-electron chi connectivity index (χ3n) is 9.82. The molecule has 1 aliphatic heterocycles. The van der Waals surface area contributed by atoms with Crippen molar-refractivity contribution < 1.29 is 13.9 Å². The molecule has 2 N–H and O–H groups in total. The monoisotopic (exact) mass is 734 g/mol. The quantitative estimate of drug-likeness (QED) is 0.0540. The summed E-state index contributed by atoms with van der Waals surface area (Å²) in [6.45, 7) is 13.4. The molecule has 1 aliphatic rings. The first-order chi connectivity index (χ1) is 25.7. The highest BCUT2D eigenvalue weighted by molar-refractivity contribution is 6.99. The molecule has 3 heterocycles. The van der Waals surface area contributed by atoms with Crippen LogP contribution in [-0.2, 0) is 11.0 Å². The fraction of sp³-hybridized carbons (Fsp3) is 0.410. The van der Waals surface area contributed by atoms with Crippen LogP contribution in [0, 0.1) is 0 Å². The molecule has 53 heavy (non-hydrogen) atoms. The predicted molar refractivity (Wildman–Crippen MR) is 214 cm³/mol. The first-order valence-electron chi connectivity index (χ1n) is 18.2. The van der Waals surface area contributed by atoms with Gasteiger partial charge in [-0.25, -0.2) is 9.97 Å². The molecule has 1 atom stereocenters. The summed E-state index contributed by atoms with van der Waals surface area (Å²) >= 11 is 0. The minimum Gasteiger partial charge on any atom is -0.496 e. The molecule has 0 amide bonds. The minimum atomic E-state index is -2.80. The third kappa shape index (κ3) is 8.10. The zero-order valence-corrected chi connectivity index (χ0v) is 32.5. The molecule has 278 valence electrons. The SMILES string of the molecule is CCC[C@@H](CO[Si](c1ccccc1)(c1ccccc1)C(C)(C)C)Nc1nc(N=[N+]=[N-])nc2cn(Cc3c(OC)cc(N4CCNCC4)cc3OC)nc12. The number of anilines is 2. The Bertz CT molecular complexity index is 1960. The van der Waals surface area contributed by atoms with Gasteiger partial charge < -0.3 is 29.4 Å². The van der Waals surface area contributed by atoms with Gasteiger partial charge in [-0.1, -0.05) is 94.8 Å². The molecule has 3 aromatic carbocycles. The van der Waals surface area contributed by atoms with E-state index in [9.17, 15) is 5.53 Å². The molecule has 1 saturated heterocycles. The van der Waals surface area contributed by atoms with E-state index in [1.165, 1.54) is 10.4 Å². The molecule has 0 aliphatic carbocycles. The zero-order chi connectivity index (χ0) is 37.4. The van der Waals surface area contributed by atoms with E-state index in [2.05, 4.69) is 124 Å². The van der Waals surface area contributed by atoms with Crippen LogP contribution in [-0.4, -0.2) is 81.1 Å². The Kier molecular flexibility index (Phi) is 11.8. The van der Waals surface area contributed by atoms with Crippen LogP contribution in [0.5, 0.6) is 11.5 Å². The molecule has 0 bridgehead atoms. The maximum atomic E-state index is 9.33. The molecule has 0 saturated carbocycles. The van der Waals surface area contributed by atoms with Crippen LogP contribution >= 0.6 is 0 Å². The van der Waals surface area contributed by atoms with E-state index < -0.39 is 8.32 Å². The summed E-state index contributed by atoms with van der Waals surface area (Å²) in [5.41, 5.74) is 12.3. The van der Waals surface area contributed by atoms with Gasteiger partial charge in [0.25, 0.3) is 8.32 Å². The van der Waals surface area contributed by atoms with E-state index in [1.54, 1.807) is 18.9 Å². The van der Waals surface area contributed by atoms with Gasteiger partial charge in [-0.3, -0.25) is 4.68 Å². The lowest BCUT2D eigenvalue weighted by Gasteiger charge is -2.43. The molecule has 0 spiro atoms. The van der Waals surface area contributed by atoms with Gasteiger partial charge in [0.1, 0.15) is 17.0 Å². The van der Waals surface area contributed by atoms with Crippen LogP contribution in [0.25, 0.3) is 21.5 Å². The molecule has 14 heteroatoms. The number of fused-ring (bicyclic) bond motifs is 1. The molecule has 1 fully saturated rings. The maximum Gasteiger partial charge on any atom is 0.261 e. The van der Waals surface area contributed by atoms with Crippen molar-refractivity contribution in [2.24, 2.45) is 5.11 Å². The summed E-state index contributed by atoms with van der Waals surface area (Å²) in [7, 11) is 0.540. The van der Waals surface area contributed by atoms with Gasteiger partial charge in [0.05, 0.1) is 39.1 Å². The van der Waals surface area contributed by atoms with E-state index >= 15 is 0 Å². The largest absolute Gasteiger partial charge is 0.496 e. The van der Waals surface area contributed by atoms with Crippen LogP contribution in [0.1, 0.15) is 46.1 Å². The van der Waals surface area contributed by atoms with E-state index in [1.807, 2.05) is 18.3 Å². The van der Waals surface area contributed by atoms with Crippen molar-refractivity contribution in [3.05, 3.63) is 95.0 Å². The average molecular weight is 735 g/mol. The topological polar surface area (TPSA) is 147 Å². The van der Waals surface area contributed by atoms with E-state index in [0.29, 0.717) is 41.5 Å². The van der Waals surface area contributed by atoms with Gasteiger partial charge in [-0.05, 0) is 32.5 Å². The molecule has 13 nitrogen and oxygen atoms in total. The summed E-state index contributed by atoms with van der Waals surface area (Å²) < 4.78 is 20.9. The first-order valence-corrected chi connectivity index (χ1v) is 20.1. The number of aromatic nitrogens is 4. The highest BCUT2D eigenvalue weighted by Gasteiger charge is 2.50. The van der Waals surface area contributed by atoms with Crippen LogP contribution in [0.2, 0.25) is 5.04 Å². The number of nitrogens with zero attached hydrogens (tertiary/aromatic N) is 8. The van der Waals surface area contributed by atoms with Crippen molar-refractivity contribution >= 4 is 47.2 Å². The first kappa shape index (κ1) is 37.6. The van der Waals surface area contributed by atoms with E-state index in [0.717, 1.165) is 50.3 Å². The number of methoxy groups -OCH3 is 2. The second kappa shape index (κ2) is 16.7. The number of azide groups is 1. The second-order valence-corrected chi connectivity index (χ2v) is 18.6. The number of hydrogen-bond donors (Lipinski definition) is 2. The van der Waals surface area contributed by atoms with Crippen molar-refractivity contribution in [1.29, 1.82) is 0 Å². The fourth-order valence-electron chi connectivity index (χ4n) is 7.33. The van der Waals surface area contributed by atoms with Crippen molar-refractivity contribution in [3.63, 3.8) is 0 Å². The lowest BCUT2D eigenvalue weighted by atomic mass is 10.1. The van der Waals surface area contributed by atoms with Crippen LogP contribution in [0.4, 0.5) is 17.5 Å². The number of piperazine rings is 1. The van der Waals surface area contributed by atoms with Crippen LogP contribution < -0.4 is 35.4 Å². The predicted octanol–water partition coefficient (Wildman–Crippen LogP) is 6.40. The lowest BCUT2D eigenvalue weighted by Crippen LogP contribution is -2.67. The van der Waals surface area contributed by atoms with Gasteiger partial charge in [-0.15, -0.1) is 0 Å². The summed E-state index contributed by atoms with van der Waals surface area (Å²) in [6.07, 6.45) is 3.56. The highest BCUT2D eigenvalue weighted by atomic mass is 28.4. The Morgan fingerprint density at radius 3 is 2.13 bits per heavy atom. The summed E-state index contributed by atoms with van der Waals surface area (Å²) in [5.74, 6) is 1.91. The Balaban J connectivity index is 1.34. The second-order valence-electron chi connectivity index (χ2n) is 14.3. The molecule has 0 unspecified atom stereocenters. The maximum absolute atomic E-state index is 9.33. The van der Waals surface area contributed by atoms with Gasteiger partial charge in [0.2, 0.25) is 5.95 Å². The summed E-state index contributed by atoms with van der Waals surface area (Å²) in [4.78, 5) is 14.5. The van der Waals surface area contributed by atoms with Crippen LogP contribution in [0.3, 0.4) is 0 Å². The molecule has 0 radical (unpaired) electrons. The van der Waals surface area contributed by atoms with E-state index in [-0.39, 0.29) is 17.0 Å².